The van der Waals surface area contributed by atoms with Gasteiger partial charge in [-0.25, -0.2) is 4.98 Å². The lowest BCUT2D eigenvalue weighted by atomic mass is 10.2. The van der Waals surface area contributed by atoms with Crippen molar-refractivity contribution >= 4 is 12.4 Å². The summed E-state index contributed by atoms with van der Waals surface area (Å²) in [5, 5.41) is 0. The molecule has 0 atom stereocenters. The van der Waals surface area contributed by atoms with Crippen molar-refractivity contribution in [3.05, 3.63) is 31.4 Å². The molecule has 0 bridgehead atoms. The Bertz CT molecular complexity index is 195. The molecule has 0 fully saturated rings. The smallest absolute Gasteiger partial charge is 0.0945 e. The molecular weight excluding hydrogens is 196 g/mol. The van der Waals surface area contributed by atoms with Gasteiger partial charge in [-0.1, -0.05) is 25.8 Å². The molecular formula is C11H21ClN2. The van der Waals surface area contributed by atoms with Crippen molar-refractivity contribution in [1.29, 1.82) is 0 Å². The minimum atomic E-state index is 0. The molecule has 1 aromatic rings. The van der Waals surface area contributed by atoms with Crippen molar-refractivity contribution in [3.8, 4) is 0 Å². The second-order valence-electron chi connectivity index (χ2n) is 2.92. The van der Waals surface area contributed by atoms with E-state index in [1.165, 1.54) is 19.3 Å². The summed E-state index contributed by atoms with van der Waals surface area (Å²) in [6, 6.07) is 0. The van der Waals surface area contributed by atoms with E-state index >= 15 is 0 Å². The molecule has 0 radical (unpaired) electrons. The van der Waals surface area contributed by atoms with E-state index in [2.05, 4.69) is 23.1 Å². The van der Waals surface area contributed by atoms with E-state index in [0.717, 1.165) is 6.54 Å². The van der Waals surface area contributed by atoms with Gasteiger partial charge in [0.15, 0.2) is 0 Å². The van der Waals surface area contributed by atoms with Crippen LogP contribution in [0.1, 0.15) is 33.1 Å². The largest absolute Gasteiger partial charge is 0.337 e. The first kappa shape index (κ1) is 15.7. The number of aromatic nitrogens is 2. The molecule has 14 heavy (non-hydrogen) atoms. The highest BCUT2D eigenvalue weighted by Gasteiger charge is 1.87. The summed E-state index contributed by atoms with van der Waals surface area (Å²) in [4.78, 5) is 3.96. The van der Waals surface area contributed by atoms with E-state index in [0.29, 0.717) is 0 Å². The van der Waals surface area contributed by atoms with Gasteiger partial charge in [0.05, 0.1) is 6.33 Å². The second kappa shape index (κ2) is 12.2. The van der Waals surface area contributed by atoms with Gasteiger partial charge in [-0.2, -0.15) is 0 Å². The van der Waals surface area contributed by atoms with Crippen LogP contribution in [0, 0.1) is 0 Å². The van der Waals surface area contributed by atoms with Crippen LogP contribution in [0.25, 0.3) is 0 Å². The molecule has 0 saturated heterocycles. The van der Waals surface area contributed by atoms with Crippen LogP contribution in [-0.4, -0.2) is 9.55 Å². The van der Waals surface area contributed by atoms with E-state index in [4.69, 9.17) is 0 Å². The van der Waals surface area contributed by atoms with E-state index in [-0.39, 0.29) is 12.4 Å². The van der Waals surface area contributed by atoms with Crippen molar-refractivity contribution in [1.82, 2.24) is 9.55 Å². The number of hydrogen-bond donors (Lipinski definition) is 0. The molecule has 0 aliphatic carbocycles. The Morgan fingerprint density at radius 2 is 2.07 bits per heavy atom. The summed E-state index contributed by atoms with van der Waals surface area (Å²) in [7, 11) is 0. The molecule has 0 amide bonds. The van der Waals surface area contributed by atoms with Gasteiger partial charge < -0.3 is 4.57 Å². The Hall–Kier alpha value is -0.760. The Balaban J connectivity index is 0. The van der Waals surface area contributed by atoms with Crippen LogP contribution in [0.3, 0.4) is 0 Å². The van der Waals surface area contributed by atoms with Crippen LogP contribution in [0.2, 0.25) is 0 Å². The highest BCUT2D eigenvalue weighted by Crippen LogP contribution is 1.97. The van der Waals surface area contributed by atoms with Crippen molar-refractivity contribution in [2.24, 2.45) is 0 Å². The molecule has 1 rings (SSSR count). The SMILES string of the molecule is C=CC.CCCCCn1ccnc1.Cl. The maximum Gasteiger partial charge on any atom is 0.0945 e. The van der Waals surface area contributed by atoms with Crippen LogP contribution in [0.4, 0.5) is 0 Å². The topological polar surface area (TPSA) is 17.8 Å². The molecule has 0 spiro atoms. The second-order valence-corrected chi connectivity index (χ2v) is 2.92. The average molecular weight is 217 g/mol. The number of nitrogens with zero attached hydrogens (tertiary/aromatic N) is 2. The van der Waals surface area contributed by atoms with E-state index < -0.39 is 0 Å². The third kappa shape index (κ3) is 9.33. The van der Waals surface area contributed by atoms with Gasteiger partial charge in [-0.05, 0) is 13.3 Å². The highest BCUT2D eigenvalue weighted by atomic mass is 35.5. The first-order chi connectivity index (χ1) is 6.35. The van der Waals surface area contributed by atoms with Crippen molar-refractivity contribution in [2.45, 2.75) is 39.7 Å². The molecule has 1 heterocycles. The highest BCUT2D eigenvalue weighted by molar-refractivity contribution is 5.85. The van der Waals surface area contributed by atoms with Gasteiger partial charge in [-0.15, -0.1) is 19.0 Å². The molecule has 0 saturated carbocycles. The normalized spacial score (nSPS) is 8.14. The third-order valence-corrected chi connectivity index (χ3v) is 1.58. The minimum absolute atomic E-state index is 0. The first-order valence-corrected chi connectivity index (χ1v) is 4.88. The number of allylic oxidation sites excluding steroid dienone is 1. The fraction of sp³-hybridized carbons (Fsp3) is 0.545. The minimum Gasteiger partial charge on any atom is -0.337 e. The quantitative estimate of drug-likeness (QED) is 0.555. The van der Waals surface area contributed by atoms with E-state index in [1.807, 2.05) is 25.6 Å². The Morgan fingerprint density at radius 3 is 2.50 bits per heavy atom. The Morgan fingerprint density at radius 1 is 1.43 bits per heavy atom. The summed E-state index contributed by atoms with van der Waals surface area (Å²) >= 11 is 0. The van der Waals surface area contributed by atoms with Crippen molar-refractivity contribution < 1.29 is 0 Å². The molecule has 0 aliphatic rings. The van der Waals surface area contributed by atoms with Crippen LogP contribution < -0.4 is 0 Å². The fourth-order valence-corrected chi connectivity index (χ4v) is 0.963. The summed E-state index contributed by atoms with van der Waals surface area (Å²) < 4.78 is 2.12. The lowest BCUT2D eigenvalue weighted by Crippen LogP contribution is -1.92. The molecule has 2 nitrogen and oxygen atoms in total. The number of hydrogen-bond acceptors (Lipinski definition) is 1. The third-order valence-electron chi connectivity index (χ3n) is 1.58. The average Bonchev–Trinajstić information content (AvgIpc) is 2.59. The van der Waals surface area contributed by atoms with Crippen LogP contribution in [0.5, 0.6) is 0 Å². The number of imidazole rings is 1. The zero-order chi connectivity index (χ0) is 9.94. The summed E-state index contributed by atoms with van der Waals surface area (Å²) in [6.07, 6.45) is 11.3. The number of halogens is 1. The van der Waals surface area contributed by atoms with Crippen LogP contribution in [-0.2, 0) is 6.54 Å². The molecule has 0 aromatic carbocycles. The Kier molecular flexibility index (Phi) is 13.7. The van der Waals surface area contributed by atoms with Crippen molar-refractivity contribution in [3.63, 3.8) is 0 Å². The van der Waals surface area contributed by atoms with Gasteiger partial charge in [0.1, 0.15) is 0 Å². The van der Waals surface area contributed by atoms with Gasteiger partial charge in [-0.3, -0.25) is 0 Å². The molecule has 82 valence electrons. The van der Waals surface area contributed by atoms with E-state index in [1.54, 1.807) is 6.08 Å². The number of unbranched alkanes of at least 4 members (excludes halogenated alkanes) is 2. The Labute approximate surface area is 93.5 Å². The first-order valence-electron chi connectivity index (χ1n) is 4.88. The predicted octanol–water partition coefficient (Wildman–Crippen LogP) is 3.69. The lowest BCUT2D eigenvalue weighted by molar-refractivity contribution is 0.602. The van der Waals surface area contributed by atoms with Gasteiger partial charge in [0.2, 0.25) is 0 Å². The predicted molar refractivity (Wildman–Crippen MR) is 64.9 cm³/mol. The molecule has 0 unspecified atom stereocenters. The number of rotatable bonds is 4. The zero-order valence-electron chi connectivity index (χ0n) is 9.15. The molecule has 0 aliphatic heterocycles. The number of aryl methyl sites for hydroxylation is 1. The monoisotopic (exact) mass is 216 g/mol. The van der Waals surface area contributed by atoms with Crippen LogP contribution >= 0.6 is 12.4 Å². The maximum absolute atomic E-state index is 3.96. The van der Waals surface area contributed by atoms with Crippen LogP contribution in [0.15, 0.2) is 31.4 Å². The maximum atomic E-state index is 3.96. The van der Waals surface area contributed by atoms with Crippen molar-refractivity contribution in [2.75, 3.05) is 0 Å². The summed E-state index contributed by atoms with van der Waals surface area (Å²) in [5.41, 5.74) is 0. The molecule has 3 heteroatoms. The van der Waals surface area contributed by atoms with Gasteiger partial charge in [0, 0.05) is 18.9 Å². The molecule has 1 aromatic heterocycles. The lowest BCUT2D eigenvalue weighted by Gasteiger charge is -1.98. The fourth-order valence-electron chi connectivity index (χ4n) is 0.963. The molecule has 0 N–H and O–H groups in total. The zero-order valence-corrected chi connectivity index (χ0v) is 9.96. The van der Waals surface area contributed by atoms with Gasteiger partial charge in [0.25, 0.3) is 0 Å². The summed E-state index contributed by atoms with van der Waals surface area (Å²) in [6.45, 7) is 8.59. The standard InChI is InChI=1S/C8H14N2.C3H6.ClH/c1-2-3-4-6-10-7-5-9-8-10;1-3-2;/h5,7-8H,2-4,6H2,1H3;3H,1H2,2H3;1H. The van der Waals surface area contributed by atoms with Gasteiger partial charge >= 0.3 is 0 Å². The van der Waals surface area contributed by atoms with E-state index in [9.17, 15) is 0 Å². The summed E-state index contributed by atoms with van der Waals surface area (Å²) in [5.74, 6) is 0.